The van der Waals surface area contributed by atoms with Crippen molar-refractivity contribution in [2.45, 2.75) is 95.2 Å². The van der Waals surface area contributed by atoms with Crippen LogP contribution in [-0.4, -0.2) is 50.9 Å². The molecule has 0 spiro atoms. The summed E-state index contributed by atoms with van der Waals surface area (Å²) in [7, 11) is 1.35. The van der Waals surface area contributed by atoms with E-state index < -0.39 is 30.0 Å². The Morgan fingerprint density at radius 2 is 1.89 bits per heavy atom. The van der Waals surface area contributed by atoms with Crippen molar-refractivity contribution in [1.82, 2.24) is 9.55 Å². The van der Waals surface area contributed by atoms with Gasteiger partial charge in [-0.1, -0.05) is 6.42 Å². The zero-order chi connectivity index (χ0) is 26.5. The van der Waals surface area contributed by atoms with Crippen LogP contribution in [0.15, 0.2) is 12.1 Å². The van der Waals surface area contributed by atoms with Gasteiger partial charge in [-0.15, -0.1) is 0 Å². The molecular formula is C27H35F2N3O5. The van der Waals surface area contributed by atoms with Crippen LogP contribution in [0.5, 0.6) is 0 Å². The molecule has 202 valence electrons. The molecule has 1 aliphatic heterocycles. The van der Waals surface area contributed by atoms with E-state index in [4.69, 9.17) is 9.72 Å². The summed E-state index contributed by atoms with van der Waals surface area (Å²) in [5.74, 6) is -3.95. The number of carbonyl (C=O) groups is 2. The molecule has 2 heterocycles. The van der Waals surface area contributed by atoms with E-state index in [1.165, 1.54) is 7.11 Å². The molecule has 1 aromatic carbocycles. The lowest BCUT2D eigenvalue weighted by Gasteiger charge is -2.34. The fraction of sp³-hybridized carbons (Fsp3) is 0.667. The number of carbonyl (C=O) groups excluding carboxylic acids is 1. The molecule has 0 bridgehead atoms. The van der Waals surface area contributed by atoms with Crippen LogP contribution in [0.3, 0.4) is 0 Å². The van der Waals surface area contributed by atoms with Crippen molar-refractivity contribution < 1.29 is 33.3 Å². The summed E-state index contributed by atoms with van der Waals surface area (Å²) < 4.78 is 34.7. The fourth-order valence-corrected chi connectivity index (χ4v) is 6.60. The number of rotatable bonds is 4. The van der Waals surface area contributed by atoms with E-state index in [-0.39, 0.29) is 43.7 Å². The number of nitrogens with zero attached hydrogens (tertiary/aromatic N) is 3. The Morgan fingerprint density at radius 1 is 1.16 bits per heavy atom. The van der Waals surface area contributed by atoms with Crippen LogP contribution in [0.25, 0.3) is 11.0 Å². The zero-order valence-electron chi connectivity index (χ0n) is 21.3. The number of methoxy groups -OCH3 is 1. The Hall–Kier alpha value is -2.75. The van der Waals surface area contributed by atoms with Gasteiger partial charge in [0.2, 0.25) is 5.92 Å². The van der Waals surface area contributed by atoms with Crippen molar-refractivity contribution in [3.8, 4) is 0 Å². The Kier molecular flexibility index (Phi) is 6.89. The molecule has 1 aromatic heterocycles. The Labute approximate surface area is 214 Å². The highest BCUT2D eigenvalue weighted by Crippen LogP contribution is 2.45. The summed E-state index contributed by atoms with van der Waals surface area (Å²) in [6.45, 7) is 1.96. The quantitative estimate of drug-likeness (QED) is 0.543. The van der Waals surface area contributed by atoms with Gasteiger partial charge in [0.1, 0.15) is 11.9 Å². The third-order valence-electron chi connectivity index (χ3n) is 8.69. The molecule has 2 aliphatic carbocycles. The number of aryl methyl sites for hydroxylation is 1. The molecule has 3 aliphatic rings. The molecule has 2 saturated carbocycles. The maximum Gasteiger partial charge on any atom is 0.414 e. The summed E-state index contributed by atoms with van der Waals surface area (Å²) in [5, 5.41) is 21.2. The van der Waals surface area contributed by atoms with Gasteiger partial charge in [0.25, 0.3) is 0 Å². The highest BCUT2D eigenvalue weighted by molar-refractivity contribution is 5.95. The number of aromatic nitrogens is 2. The number of hydrogen-bond acceptors (Lipinski definition) is 5. The van der Waals surface area contributed by atoms with Gasteiger partial charge in [0.05, 0.1) is 29.7 Å². The second-order valence-corrected chi connectivity index (χ2v) is 11.0. The number of imidazole rings is 1. The first-order valence-electron chi connectivity index (χ1n) is 13.3. The van der Waals surface area contributed by atoms with E-state index in [1.54, 1.807) is 4.90 Å². The van der Waals surface area contributed by atoms with Gasteiger partial charge in [0, 0.05) is 30.5 Å². The molecule has 1 unspecified atom stereocenters. The normalized spacial score (nSPS) is 27.1. The number of aliphatic carboxylic acids is 1. The summed E-state index contributed by atoms with van der Waals surface area (Å²) >= 11 is 0. The van der Waals surface area contributed by atoms with Crippen LogP contribution in [0, 0.1) is 11.8 Å². The number of carboxylic acids is 1. The van der Waals surface area contributed by atoms with Crippen LogP contribution in [0.4, 0.5) is 19.3 Å². The number of alkyl halides is 2. The van der Waals surface area contributed by atoms with E-state index in [2.05, 4.69) is 0 Å². The number of ether oxygens (including phenoxy) is 1. The lowest BCUT2D eigenvalue weighted by Crippen LogP contribution is -2.42. The average molecular weight is 520 g/mol. The number of aliphatic hydroxyl groups is 1. The Bertz CT molecular complexity index is 1190. The van der Waals surface area contributed by atoms with Crippen molar-refractivity contribution in [2.75, 3.05) is 12.0 Å². The van der Waals surface area contributed by atoms with E-state index in [0.717, 1.165) is 23.9 Å². The highest BCUT2D eigenvalue weighted by atomic mass is 19.3. The molecule has 0 radical (unpaired) electrons. The van der Waals surface area contributed by atoms with E-state index in [9.17, 15) is 28.6 Å². The monoisotopic (exact) mass is 519 g/mol. The number of fused-ring (bicyclic) bond motifs is 3. The Balaban J connectivity index is 1.62. The Morgan fingerprint density at radius 3 is 2.57 bits per heavy atom. The van der Waals surface area contributed by atoms with Crippen molar-refractivity contribution >= 4 is 28.8 Å². The number of hydrogen-bond donors (Lipinski definition) is 2. The van der Waals surface area contributed by atoms with Crippen molar-refractivity contribution in [3.05, 3.63) is 23.5 Å². The van der Waals surface area contributed by atoms with Crippen LogP contribution in [0.2, 0.25) is 0 Å². The molecule has 5 rings (SSSR count). The van der Waals surface area contributed by atoms with Gasteiger partial charge in [-0.05, 0) is 69.9 Å². The summed E-state index contributed by atoms with van der Waals surface area (Å²) in [4.78, 5) is 30.9. The van der Waals surface area contributed by atoms with E-state index in [0.29, 0.717) is 42.7 Å². The predicted octanol–water partition coefficient (Wildman–Crippen LogP) is 5.62. The summed E-state index contributed by atoms with van der Waals surface area (Å²) in [6, 6.07) is 3.53. The molecule has 2 aromatic rings. The van der Waals surface area contributed by atoms with Crippen molar-refractivity contribution in [1.29, 1.82) is 0 Å². The number of aliphatic hydroxyl groups excluding tert-OH is 1. The summed E-state index contributed by atoms with van der Waals surface area (Å²) in [5.41, 5.74) is 3.05. The molecule has 1 amide bonds. The van der Waals surface area contributed by atoms with Crippen molar-refractivity contribution in [3.63, 3.8) is 0 Å². The number of carboxylic acid groups (broad SMARTS) is 1. The second-order valence-electron chi connectivity index (χ2n) is 11.0. The smallest absolute Gasteiger partial charge is 0.414 e. The minimum Gasteiger partial charge on any atom is -0.481 e. The number of amides is 1. The van der Waals surface area contributed by atoms with Gasteiger partial charge < -0.3 is 19.5 Å². The first-order chi connectivity index (χ1) is 17.6. The topological polar surface area (TPSA) is 105 Å². The SMILES string of the molecule is COC(=O)N1c2ccc3c(nc([C@H](O)C4CCC(F)(F)CC4)n3[C@@H]3CCC[C@@H](C(=O)O)C3)c2CCC1C. The lowest BCUT2D eigenvalue weighted by molar-refractivity contribution is -0.143. The minimum atomic E-state index is -2.71. The van der Waals surface area contributed by atoms with E-state index in [1.807, 2.05) is 23.6 Å². The largest absolute Gasteiger partial charge is 0.481 e. The van der Waals surface area contributed by atoms with Crippen LogP contribution < -0.4 is 4.90 Å². The molecule has 8 nitrogen and oxygen atoms in total. The zero-order valence-corrected chi connectivity index (χ0v) is 21.3. The van der Waals surface area contributed by atoms with Gasteiger partial charge in [0.15, 0.2) is 0 Å². The first-order valence-corrected chi connectivity index (χ1v) is 13.3. The molecule has 37 heavy (non-hydrogen) atoms. The molecule has 4 atom stereocenters. The summed E-state index contributed by atoms with van der Waals surface area (Å²) in [6.07, 6.45) is 2.31. The second kappa shape index (κ2) is 9.85. The molecule has 2 N–H and O–H groups in total. The third kappa shape index (κ3) is 4.69. The average Bonchev–Trinajstić information content (AvgIpc) is 3.27. The van der Waals surface area contributed by atoms with Gasteiger partial charge in [-0.3, -0.25) is 9.69 Å². The van der Waals surface area contributed by atoms with E-state index >= 15 is 0 Å². The third-order valence-corrected chi connectivity index (χ3v) is 8.69. The fourth-order valence-electron chi connectivity index (χ4n) is 6.60. The maximum atomic E-state index is 13.9. The molecule has 10 heteroatoms. The van der Waals surface area contributed by atoms with Crippen molar-refractivity contribution in [2.24, 2.45) is 11.8 Å². The number of halogens is 2. The molecule has 0 saturated heterocycles. The minimum absolute atomic E-state index is 0.0527. The lowest BCUT2D eigenvalue weighted by atomic mass is 9.82. The maximum absolute atomic E-state index is 13.9. The predicted molar refractivity (Wildman–Crippen MR) is 133 cm³/mol. The van der Waals surface area contributed by atoms with Gasteiger partial charge >= 0.3 is 12.1 Å². The van der Waals surface area contributed by atoms with Crippen LogP contribution >= 0.6 is 0 Å². The highest BCUT2D eigenvalue weighted by Gasteiger charge is 2.41. The molecular weight excluding hydrogens is 484 g/mol. The number of benzene rings is 1. The van der Waals surface area contributed by atoms with Gasteiger partial charge in [-0.25, -0.2) is 18.6 Å². The van der Waals surface area contributed by atoms with Crippen LogP contribution in [0.1, 0.15) is 88.2 Å². The van der Waals surface area contributed by atoms with Crippen LogP contribution in [-0.2, 0) is 16.0 Å². The number of anilines is 1. The standard InChI is InChI=1S/C27H35F2N3O5/c1-15-6-7-19-20(31(15)26(36)37-2)8-9-21-22(19)30-24(23(33)16-10-12-27(28,29)13-11-16)32(21)18-5-3-4-17(14-18)25(34)35/h8-9,15-18,23,33H,3-7,10-14H2,1-2H3,(H,34,35)/t15?,17-,18-,23-/m1/s1. The molecule has 2 fully saturated rings. The first kappa shape index (κ1) is 25.9. The van der Waals surface area contributed by atoms with Gasteiger partial charge in [-0.2, -0.15) is 0 Å².